The average Bonchev–Trinajstić information content (AvgIpc) is 3.12. The maximum atomic E-state index is 12.5. The van der Waals surface area contributed by atoms with Gasteiger partial charge in [0.1, 0.15) is 0 Å². The number of nitrogens with zero attached hydrogens (tertiary/aromatic N) is 4. The third-order valence-corrected chi connectivity index (χ3v) is 4.83. The Bertz CT molecular complexity index is 510. The van der Waals surface area contributed by atoms with E-state index in [1.165, 1.54) is 0 Å². The third-order valence-electron chi connectivity index (χ3n) is 4.83. The Morgan fingerprint density at radius 2 is 2.14 bits per heavy atom. The van der Waals surface area contributed by atoms with Gasteiger partial charge >= 0.3 is 0 Å². The van der Waals surface area contributed by atoms with Crippen LogP contribution in [0.2, 0.25) is 0 Å². The van der Waals surface area contributed by atoms with Crippen molar-refractivity contribution >= 4 is 5.91 Å². The number of carbonyl (C=O) groups excluding carboxylic acids is 1. The molecule has 6 heteroatoms. The Morgan fingerprint density at radius 1 is 1.36 bits per heavy atom. The Morgan fingerprint density at radius 3 is 2.82 bits per heavy atom. The highest BCUT2D eigenvalue weighted by Gasteiger charge is 2.36. The van der Waals surface area contributed by atoms with Gasteiger partial charge in [-0.15, -0.1) is 0 Å². The molecule has 2 fully saturated rings. The highest BCUT2D eigenvalue weighted by molar-refractivity contribution is 5.76. The summed E-state index contributed by atoms with van der Waals surface area (Å²) in [7, 11) is 1.90. The molecule has 0 N–H and O–H groups in total. The van der Waals surface area contributed by atoms with Crippen LogP contribution in [0.15, 0.2) is 12.4 Å². The van der Waals surface area contributed by atoms with Crippen molar-refractivity contribution in [3.05, 3.63) is 18.0 Å². The summed E-state index contributed by atoms with van der Waals surface area (Å²) in [5, 5.41) is 4.15. The first-order chi connectivity index (χ1) is 10.6. The van der Waals surface area contributed by atoms with E-state index in [0.717, 1.165) is 51.4 Å². The number of ether oxygens (including phenoxy) is 1. The van der Waals surface area contributed by atoms with Crippen LogP contribution < -0.4 is 0 Å². The lowest BCUT2D eigenvalue weighted by Crippen LogP contribution is -2.47. The highest BCUT2D eigenvalue weighted by atomic mass is 16.5. The lowest BCUT2D eigenvalue weighted by molar-refractivity contribution is -0.130. The number of rotatable bonds is 4. The highest BCUT2D eigenvalue weighted by Crippen LogP contribution is 2.23. The van der Waals surface area contributed by atoms with E-state index in [-0.39, 0.29) is 5.91 Å². The van der Waals surface area contributed by atoms with Crippen LogP contribution in [0.4, 0.5) is 0 Å². The zero-order chi connectivity index (χ0) is 15.5. The molecule has 1 aromatic rings. The molecule has 2 aliphatic heterocycles. The van der Waals surface area contributed by atoms with E-state index >= 15 is 0 Å². The van der Waals surface area contributed by atoms with Crippen molar-refractivity contribution in [1.29, 1.82) is 0 Å². The molecular weight excluding hydrogens is 280 g/mol. The molecule has 0 bridgehead atoms. The predicted octanol–water partition coefficient (Wildman–Crippen LogP) is 0.532. The van der Waals surface area contributed by atoms with Crippen LogP contribution in [-0.2, 0) is 23.0 Å². The van der Waals surface area contributed by atoms with Crippen LogP contribution in [0.5, 0.6) is 0 Å². The monoisotopic (exact) mass is 306 g/mol. The van der Waals surface area contributed by atoms with E-state index in [4.69, 9.17) is 4.74 Å². The molecule has 3 rings (SSSR count). The van der Waals surface area contributed by atoms with E-state index in [2.05, 4.69) is 16.9 Å². The normalized spacial score (nSPS) is 26.5. The van der Waals surface area contributed by atoms with Crippen LogP contribution in [0, 0.1) is 5.92 Å². The molecule has 22 heavy (non-hydrogen) atoms. The van der Waals surface area contributed by atoms with E-state index < -0.39 is 0 Å². The zero-order valence-electron chi connectivity index (χ0n) is 13.6. The molecule has 0 aromatic carbocycles. The minimum Gasteiger partial charge on any atom is -0.379 e. The quantitative estimate of drug-likeness (QED) is 0.814. The molecule has 1 aromatic heterocycles. The van der Waals surface area contributed by atoms with E-state index in [0.29, 0.717) is 18.4 Å². The molecule has 122 valence electrons. The standard InChI is InChI=1S/C16H26N4O2/c1-13-10-20(12-15(13)19-5-7-22-8-6-19)16(21)4-3-14-9-17-18(2)11-14/h9,11,13,15H,3-8,10,12H2,1-2H3/t13-,15-/m0/s1. The fraction of sp³-hybridized carbons (Fsp3) is 0.750. The topological polar surface area (TPSA) is 50.6 Å². The van der Waals surface area contributed by atoms with Gasteiger partial charge in [0.15, 0.2) is 0 Å². The van der Waals surface area contributed by atoms with Gasteiger partial charge in [0.25, 0.3) is 0 Å². The number of morpholine rings is 1. The van der Waals surface area contributed by atoms with Gasteiger partial charge in [-0.1, -0.05) is 6.92 Å². The number of amides is 1. The Hall–Kier alpha value is -1.40. The molecule has 0 saturated carbocycles. The van der Waals surface area contributed by atoms with Crippen molar-refractivity contribution in [3.63, 3.8) is 0 Å². The van der Waals surface area contributed by atoms with Crippen LogP contribution in [0.3, 0.4) is 0 Å². The minimum atomic E-state index is 0.270. The molecule has 2 saturated heterocycles. The second-order valence-corrected chi connectivity index (χ2v) is 6.51. The van der Waals surface area contributed by atoms with Gasteiger partial charge in [0.05, 0.1) is 19.4 Å². The van der Waals surface area contributed by atoms with Crippen molar-refractivity contribution in [2.24, 2.45) is 13.0 Å². The molecule has 0 radical (unpaired) electrons. The summed E-state index contributed by atoms with van der Waals surface area (Å²) in [6, 6.07) is 0.492. The fourth-order valence-corrected chi connectivity index (χ4v) is 3.55. The van der Waals surface area contributed by atoms with Gasteiger partial charge in [-0.2, -0.15) is 5.10 Å². The second-order valence-electron chi connectivity index (χ2n) is 6.51. The van der Waals surface area contributed by atoms with Crippen molar-refractivity contribution in [2.75, 3.05) is 39.4 Å². The number of aryl methyl sites for hydroxylation is 2. The van der Waals surface area contributed by atoms with Gasteiger partial charge in [-0.25, -0.2) is 0 Å². The maximum Gasteiger partial charge on any atom is 0.222 e. The van der Waals surface area contributed by atoms with Crippen molar-refractivity contribution < 1.29 is 9.53 Å². The van der Waals surface area contributed by atoms with Crippen molar-refractivity contribution in [2.45, 2.75) is 25.8 Å². The van der Waals surface area contributed by atoms with Gasteiger partial charge in [0, 0.05) is 51.9 Å². The molecule has 0 aliphatic carbocycles. The summed E-state index contributed by atoms with van der Waals surface area (Å²) < 4.78 is 7.21. The van der Waals surface area contributed by atoms with Crippen LogP contribution in [0.1, 0.15) is 18.9 Å². The van der Waals surface area contributed by atoms with E-state index in [1.807, 2.05) is 24.3 Å². The van der Waals surface area contributed by atoms with E-state index in [1.54, 1.807) is 4.68 Å². The summed E-state index contributed by atoms with van der Waals surface area (Å²) in [5.41, 5.74) is 1.13. The molecule has 1 amide bonds. The summed E-state index contributed by atoms with van der Waals surface area (Å²) in [6.45, 7) is 7.63. The van der Waals surface area contributed by atoms with Crippen molar-refractivity contribution in [1.82, 2.24) is 19.6 Å². The van der Waals surface area contributed by atoms with Crippen molar-refractivity contribution in [3.8, 4) is 0 Å². The van der Waals surface area contributed by atoms with Crippen LogP contribution in [0.25, 0.3) is 0 Å². The number of hydrogen-bond acceptors (Lipinski definition) is 4. The van der Waals surface area contributed by atoms with Gasteiger partial charge < -0.3 is 9.64 Å². The Labute approximate surface area is 132 Å². The first-order valence-electron chi connectivity index (χ1n) is 8.20. The molecule has 2 atom stereocenters. The first-order valence-corrected chi connectivity index (χ1v) is 8.20. The number of hydrogen-bond donors (Lipinski definition) is 0. The number of carbonyl (C=O) groups is 1. The van der Waals surface area contributed by atoms with Gasteiger partial charge in [0.2, 0.25) is 5.91 Å². The largest absolute Gasteiger partial charge is 0.379 e. The summed E-state index contributed by atoms with van der Waals surface area (Å²) in [5.74, 6) is 0.812. The Kier molecular flexibility index (Phi) is 4.78. The third kappa shape index (κ3) is 3.50. The number of aromatic nitrogens is 2. The summed E-state index contributed by atoms with van der Waals surface area (Å²) >= 11 is 0. The molecule has 3 heterocycles. The molecule has 0 spiro atoms. The number of likely N-dealkylation sites (tertiary alicyclic amines) is 1. The Balaban J connectivity index is 1.51. The second kappa shape index (κ2) is 6.79. The molecule has 0 unspecified atom stereocenters. The SMILES string of the molecule is C[C@H]1CN(C(=O)CCc2cnn(C)c2)C[C@@H]1N1CCOCC1. The molecular formula is C16H26N4O2. The first kappa shape index (κ1) is 15.5. The average molecular weight is 306 g/mol. The van der Waals surface area contributed by atoms with Gasteiger partial charge in [-0.3, -0.25) is 14.4 Å². The van der Waals surface area contributed by atoms with Gasteiger partial charge in [-0.05, 0) is 17.9 Å². The molecule has 2 aliphatic rings. The lowest BCUT2D eigenvalue weighted by atomic mass is 10.0. The summed E-state index contributed by atoms with van der Waals surface area (Å²) in [6.07, 6.45) is 5.18. The fourth-order valence-electron chi connectivity index (χ4n) is 3.55. The predicted molar refractivity (Wildman–Crippen MR) is 83.5 cm³/mol. The molecule has 6 nitrogen and oxygen atoms in total. The minimum absolute atomic E-state index is 0.270. The maximum absolute atomic E-state index is 12.5. The van der Waals surface area contributed by atoms with Crippen LogP contribution in [-0.4, -0.2) is 70.9 Å². The van der Waals surface area contributed by atoms with E-state index in [9.17, 15) is 4.79 Å². The zero-order valence-corrected chi connectivity index (χ0v) is 13.6. The van der Waals surface area contributed by atoms with Crippen LogP contribution >= 0.6 is 0 Å². The lowest BCUT2D eigenvalue weighted by Gasteiger charge is -2.34. The smallest absolute Gasteiger partial charge is 0.222 e. The summed E-state index contributed by atoms with van der Waals surface area (Å²) in [4.78, 5) is 17.0.